The highest BCUT2D eigenvalue weighted by molar-refractivity contribution is 5.98. The first-order valence-electron chi connectivity index (χ1n) is 5.69. The number of hydrogen-bond donors (Lipinski definition) is 1. The number of likely N-dealkylation sites (N-methyl/N-ethyl adjacent to an activating group) is 1. The Bertz CT molecular complexity index is 405. The summed E-state index contributed by atoms with van der Waals surface area (Å²) in [6.07, 6.45) is 0. The van der Waals surface area contributed by atoms with Crippen molar-refractivity contribution in [1.29, 1.82) is 0 Å². The van der Waals surface area contributed by atoms with Gasteiger partial charge in [-0.2, -0.15) is 0 Å². The van der Waals surface area contributed by atoms with Crippen LogP contribution in [-0.4, -0.2) is 39.2 Å². The number of carbonyl (C=O) groups excluding carboxylic acids is 1. The molecule has 0 radical (unpaired) electrons. The molecule has 1 N–H and O–H groups in total. The number of Topliss-reactive ketones (excluding diaryl/α,β-unsaturated/α-hetero) is 1. The van der Waals surface area contributed by atoms with E-state index < -0.39 is 0 Å². The molecule has 1 aliphatic heterocycles. The quantitative estimate of drug-likeness (QED) is 0.794. The fourth-order valence-electron chi connectivity index (χ4n) is 2.09. The normalized spacial score (nSPS) is 23.6. The Morgan fingerprint density at radius 2 is 2.29 bits per heavy atom. The van der Waals surface area contributed by atoms with Crippen molar-refractivity contribution in [2.24, 2.45) is 5.92 Å². The van der Waals surface area contributed by atoms with Gasteiger partial charge in [0.1, 0.15) is 5.75 Å². The smallest absolute Gasteiger partial charge is 0.170 e. The summed E-state index contributed by atoms with van der Waals surface area (Å²) in [4.78, 5) is 12.3. The average molecular weight is 235 g/mol. The highest BCUT2D eigenvalue weighted by atomic mass is 16.5. The maximum Gasteiger partial charge on any atom is 0.170 e. The van der Waals surface area contributed by atoms with E-state index in [4.69, 9.17) is 9.47 Å². The fourth-order valence-corrected chi connectivity index (χ4v) is 2.09. The second kappa shape index (κ2) is 5.29. The lowest BCUT2D eigenvalue weighted by Gasteiger charge is -2.15. The lowest BCUT2D eigenvalue weighted by Crippen LogP contribution is -2.36. The maximum atomic E-state index is 12.3. The molecule has 1 heterocycles. The molecule has 92 valence electrons. The molecule has 0 amide bonds. The molecule has 1 saturated heterocycles. The molecule has 0 aliphatic carbocycles. The van der Waals surface area contributed by atoms with Crippen LogP contribution in [0.5, 0.6) is 5.75 Å². The van der Waals surface area contributed by atoms with Crippen molar-refractivity contribution >= 4 is 5.78 Å². The molecule has 4 nitrogen and oxygen atoms in total. The Kier molecular flexibility index (Phi) is 3.76. The van der Waals surface area contributed by atoms with Gasteiger partial charge in [0.05, 0.1) is 26.2 Å². The van der Waals surface area contributed by atoms with Gasteiger partial charge in [0.2, 0.25) is 0 Å². The van der Waals surface area contributed by atoms with E-state index in [2.05, 4.69) is 5.32 Å². The minimum absolute atomic E-state index is 0.105. The third kappa shape index (κ3) is 2.48. The first-order valence-corrected chi connectivity index (χ1v) is 5.69. The molecule has 0 bridgehead atoms. The monoisotopic (exact) mass is 235 g/mol. The van der Waals surface area contributed by atoms with E-state index in [1.807, 2.05) is 25.2 Å². The molecule has 0 spiro atoms. The van der Waals surface area contributed by atoms with E-state index in [1.165, 1.54) is 0 Å². The van der Waals surface area contributed by atoms with Crippen molar-refractivity contribution in [2.75, 3.05) is 27.4 Å². The summed E-state index contributed by atoms with van der Waals surface area (Å²) in [7, 11) is 3.45. The predicted octanol–water partition coefficient (Wildman–Crippen LogP) is 1.11. The third-order valence-electron chi connectivity index (χ3n) is 3.14. The summed E-state index contributed by atoms with van der Waals surface area (Å²) in [5.74, 6) is 0.712. The Hall–Kier alpha value is -1.39. The molecule has 0 aromatic heterocycles. The molecule has 1 aromatic carbocycles. The number of carbonyl (C=O) groups is 1. The molecule has 1 aliphatic rings. The van der Waals surface area contributed by atoms with Crippen molar-refractivity contribution in [2.45, 2.75) is 6.04 Å². The highest BCUT2D eigenvalue weighted by Crippen LogP contribution is 2.21. The van der Waals surface area contributed by atoms with Gasteiger partial charge in [-0.05, 0) is 19.2 Å². The lowest BCUT2D eigenvalue weighted by atomic mass is 9.93. The van der Waals surface area contributed by atoms with Crippen molar-refractivity contribution in [1.82, 2.24) is 5.32 Å². The predicted molar refractivity (Wildman–Crippen MR) is 64.5 cm³/mol. The van der Waals surface area contributed by atoms with E-state index in [0.29, 0.717) is 24.5 Å². The summed E-state index contributed by atoms with van der Waals surface area (Å²) in [6, 6.07) is 7.35. The van der Waals surface area contributed by atoms with Gasteiger partial charge in [-0.3, -0.25) is 4.79 Å². The number of methoxy groups -OCH3 is 1. The molecule has 1 fully saturated rings. The van der Waals surface area contributed by atoms with E-state index in [9.17, 15) is 4.79 Å². The zero-order valence-corrected chi connectivity index (χ0v) is 10.1. The molecule has 2 rings (SSSR count). The van der Waals surface area contributed by atoms with Crippen LogP contribution >= 0.6 is 0 Å². The maximum absolute atomic E-state index is 12.3. The summed E-state index contributed by atoms with van der Waals surface area (Å²) in [5.41, 5.74) is 0.681. The number of rotatable bonds is 4. The van der Waals surface area contributed by atoms with Crippen LogP contribution in [0.4, 0.5) is 0 Å². The zero-order chi connectivity index (χ0) is 12.3. The van der Waals surface area contributed by atoms with Gasteiger partial charge in [0.25, 0.3) is 0 Å². The Morgan fingerprint density at radius 1 is 1.47 bits per heavy atom. The summed E-state index contributed by atoms with van der Waals surface area (Å²) >= 11 is 0. The summed E-state index contributed by atoms with van der Waals surface area (Å²) in [5, 5.41) is 3.12. The van der Waals surface area contributed by atoms with Crippen LogP contribution in [0.15, 0.2) is 24.3 Å². The van der Waals surface area contributed by atoms with E-state index in [1.54, 1.807) is 13.2 Å². The molecule has 1 aromatic rings. The summed E-state index contributed by atoms with van der Waals surface area (Å²) in [6.45, 7) is 1.08. The van der Waals surface area contributed by atoms with Gasteiger partial charge in [-0.15, -0.1) is 0 Å². The van der Waals surface area contributed by atoms with Gasteiger partial charge in [0, 0.05) is 11.6 Å². The second-order valence-electron chi connectivity index (χ2n) is 4.14. The first kappa shape index (κ1) is 12.1. The molecular formula is C13H17NO3. The van der Waals surface area contributed by atoms with E-state index in [0.717, 1.165) is 0 Å². The Morgan fingerprint density at radius 3 is 3.00 bits per heavy atom. The van der Waals surface area contributed by atoms with Gasteiger partial charge in [-0.1, -0.05) is 12.1 Å². The van der Waals surface area contributed by atoms with Crippen LogP contribution < -0.4 is 10.1 Å². The molecule has 2 atom stereocenters. The van der Waals surface area contributed by atoms with E-state index in [-0.39, 0.29) is 17.7 Å². The number of hydrogen-bond acceptors (Lipinski definition) is 4. The van der Waals surface area contributed by atoms with Crippen LogP contribution in [0.2, 0.25) is 0 Å². The van der Waals surface area contributed by atoms with Crippen molar-refractivity contribution in [3.63, 3.8) is 0 Å². The fraction of sp³-hybridized carbons (Fsp3) is 0.462. The number of ether oxygens (including phenoxy) is 2. The van der Waals surface area contributed by atoms with Crippen molar-refractivity contribution in [3.05, 3.63) is 29.8 Å². The van der Waals surface area contributed by atoms with Gasteiger partial charge in [-0.25, -0.2) is 0 Å². The van der Waals surface area contributed by atoms with Crippen LogP contribution in [0.1, 0.15) is 10.4 Å². The number of ketones is 1. The lowest BCUT2D eigenvalue weighted by molar-refractivity contribution is 0.0892. The number of benzene rings is 1. The average Bonchev–Trinajstić information content (AvgIpc) is 2.86. The van der Waals surface area contributed by atoms with Crippen LogP contribution in [0.25, 0.3) is 0 Å². The first-order chi connectivity index (χ1) is 8.26. The topological polar surface area (TPSA) is 47.6 Å². The largest absolute Gasteiger partial charge is 0.497 e. The second-order valence-corrected chi connectivity index (χ2v) is 4.14. The standard InChI is InChI=1S/C13H17NO3/c1-14-12-8-17-7-11(12)13(15)9-4-3-5-10(6-9)16-2/h3-6,11-12,14H,7-8H2,1-2H3. The van der Waals surface area contributed by atoms with Crippen molar-refractivity contribution < 1.29 is 14.3 Å². The highest BCUT2D eigenvalue weighted by Gasteiger charge is 2.33. The van der Waals surface area contributed by atoms with Crippen LogP contribution in [0, 0.1) is 5.92 Å². The minimum atomic E-state index is -0.105. The SMILES string of the molecule is CNC1COCC1C(=O)c1cccc(OC)c1. The Balaban J connectivity index is 2.18. The van der Waals surface area contributed by atoms with Gasteiger partial charge in [0.15, 0.2) is 5.78 Å². The molecule has 4 heteroatoms. The summed E-state index contributed by atoms with van der Waals surface area (Å²) < 4.78 is 10.5. The third-order valence-corrected chi connectivity index (χ3v) is 3.14. The van der Waals surface area contributed by atoms with Gasteiger partial charge >= 0.3 is 0 Å². The van der Waals surface area contributed by atoms with Gasteiger partial charge < -0.3 is 14.8 Å². The van der Waals surface area contributed by atoms with Crippen molar-refractivity contribution in [3.8, 4) is 5.75 Å². The van der Waals surface area contributed by atoms with E-state index >= 15 is 0 Å². The van der Waals surface area contributed by atoms with Crippen LogP contribution in [-0.2, 0) is 4.74 Å². The molecule has 2 unspecified atom stereocenters. The molecular weight excluding hydrogens is 218 g/mol. The molecule has 17 heavy (non-hydrogen) atoms. The zero-order valence-electron chi connectivity index (χ0n) is 10.1. The minimum Gasteiger partial charge on any atom is -0.497 e. The Labute approximate surface area is 101 Å². The molecule has 0 saturated carbocycles. The van der Waals surface area contributed by atoms with Crippen LogP contribution in [0.3, 0.4) is 0 Å². The number of nitrogens with one attached hydrogen (secondary N) is 1.